The van der Waals surface area contributed by atoms with Crippen LogP contribution in [-0.4, -0.2) is 14.1 Å². The fraction of sp³-hybridized carbons (Fsp3) is 0.151. The van der Waals surface area contributed by atoms with Gasteiger partial charge < -0.3 is 9.13 Å². The topological polar surface area (TPSA) is 22.8 Å². The molecule has 0 saturated carbocycles. The zero-order valence-electron chi connectivity index (χ0n) is 31.4. The van der Waals surface area contributed by atoms with Gasteiger partial charge in [-0.3, -0.25) is 4.98 Å². The minimum Gasteiger partial charge on any atom is -0.317 e. The molecule has 56 heavy (non-hydrogen) atoms. The SMILES string of the molecule is C1=CC(c2ccccc2)CC(n2c3c(c4ccccc42)C=CC(c2ccc4c(c2)c2ccccc2n4-c2cc(-c4ccncc4)cc(C4C=CCCC4)c2)C3)=C1. The maximum absolute atomic E-state index is 4.32. The number of aromatic nitrogens is 3. The van der Waals surface area contributed by atoms with E-state index in [9.17, 15) is 0 Å². The van der Waals surface area contributed by atoms with E-state index in [0.29, 0.717) is 11.8 Å². The first-order valence-electron chi connectivity index (χ1n) is 20.3. The summed E-state index contributed by atoms with van der Waals surface area (Å²) in [5.41, 5.74) is 15.7. The molecule has 5 aromatic carbocycles. The third kappa shape index (κ3) is 5.61. The van der Waals surface area contributed by atoms with Gasteiger partial charge in [0.1, 0.15) is 0 Å². The van der Waals surface area contributed by atoms with Crippen molar-refractivity contribution >= 4 is 44.5 Å². The minimum atomic E-state index is 0.265. The molecule has 0 N–H and O–H groups in total. The zero-order chi connectivity index (χ0) is 37.0. The van der Waals surface area contributed by atoms with Gasteiger partial charge in [0.05, 0.1) is 16.6 Å². The van der Waals surface area contributed by atoms with Gasteiger partial charge in [0.25, 0.3) is 0 Å². The summed E-state index contributed by atoms with van der Waals surface area (Å²) in [6, 6.07) is 47.6. The number of para-hydroxylation sites is 2. The summed E-state index contributed by atoms with van der Waals surface area (Å²) < 4.78 is 5.08. The highest BCUT2D eigenvalue weighted by Gasteiger charge is 2.27. The normalized spacial score (nSPS) is 19.1. The highest BCUT2D eigenvalue weighted by atomic mass is 15.0. The number of pyridine rings is 1. The molecule has 270 valence electrons. The molecule has 3 unspecified atom stereocenters. The van der Waals surface area contributed by atoms with Gasteiger partial charge in [0.2, 0.25) is 0 Å². The maximum atomic E-state index is 4.32. The Hall–Kier alpha value is -6.45. The summed E-state index contributed by atoms with van der Waals surface area (Å²) in [5.74, 6) is 1.05. The summed E-state index contributed by atoms with van der Waals surface area (Å²) in [6.07, 6.45) is 25.9. The Morgan fingerprint density at radius 3 is 2.14 bits per heavy atom. The summed E-state index contributed by atoms with van der Waals surface area (Å²) in [6.45, 7) is 0. The maximum Gasteiger partial charge on any atom is 0.0541 e. The van der Waals surface area contributed by atoms with E-state index in [-0.39, 0.29) is 5.92 Å². The molecule has 3 nitrogen and oxygen atoms in total. The van der Waals surface area contributed by atoms with Crippen LogP contribution in [0.4, 0.5) is 0 Å². The van der Waals surface area contributed by atoms with Gasteiger partial charge in [-0.1, -0.05) is 115 Å². The summed E-state index contributed by atoms with van der Waals surface area (Å²) in [4.78, 5) is 4.32. The van der Waals surface area contributed by atoms with Crippen molar-refractivity contribution in [3.8, 4) is 16.8 Å². The number of fused-ring (bicyclic) bond motifs is 6. The van der Waals surface area contributed by atoms with E-state index in [2.05, 4.69) is 184 Å². The van der Waals surface area contributed by atoms with Crippen LogP contribution >= 0.6 is 0 Å². The second-order valence-corrected chi connectivity index (χ2v) is 15.8. The molecule has 0 bridgehead atoms. The van der Waals surface area contributed by atoms with Crippen molar-refractivity contribution in [1.29, 1.82) is 0 Å². The van der Waals surface area contributed by atoms with E-state index >= 15 is 0 Å². The zero-order valence-corrected chi connectivity index (χ0v) is 31.4. The van der Waals surface area contributed by atoms with Crippen LogP contribution in [0.2, 0.25) is 0 Å². The average molecular weight is 722 g/mol. The lowest BCUT2D eigenvalue weighted by atomic mass is 9.86. The predicted molar refractivity (Wildman–Crippen MR) is 234 cm³/mol. The van der Waals surface area contributed by atoms with Crippen LogP contribution in [0.1, 0.15) is 71.4 Å². The van der Waals surface area contributed by atoms with Crippen molar-refractivity contribution in [2.45, 2.75) is 49.9 Å². The molecule has 3 aliphatic rings. The highest BCUT2D eigenvalue weighted by molar-refractivity contribution is 6.09. The van der Waals surface area contributed by atoms with Gasteiger partial charge in [-0.2, -0.15) is 0 Å². The molecule has 3 aromatic heterocycles. The minimum absolute atomic E-state index is 0.265. The predicted octanol–water partition coefficient (Wildman–Crippen LogP) is 13.6. The van der Waals surface area contributed by atoms with E-state index < -0.39 is 0 Å². The molecule has 3 heteroatoms. The van der Waals surface area contributed by atoms with Gasteiger partial charge in [0, 0.05) is 68.9 Å². The standard InChI is InChI=1S/C53H43N3/c1-3-12-36(13-4-1)39-16-11-17-44(31-39)55-50-20-9-7-18-46(50)48-24-22-41(35-53(48)55)40-23-25-52-49(34-40)47-19-8-10-21-51(47)56(52)45-32-42(37-14-5-2-6-15-37)30-43(33-45)38-26-28-54-29-27-38/h1,3-5,7-14,16-30,32-34,37,39,41H,2,6,15,31,35H2. The second kappa shape index (κ2) is 13.7. The van der Waals surface area contributed by atoms with Gasteiger partial charge in [-0.25, -0.2) is 0 Å². The molecule has 8 aromatic rings. The van der Waals surface area contributed by atoms with Crippen LogP contribution in [0.5, 0.6) is 0 Å². The third-order valence-electron chi connectivity index (χ3n) is 12.5. The molecular weight excluding hydrogens is 679 g/mol. The number of benzene rings is 5. The fourth-order valence-corrected chi connectivity index (χ4v) is 9.79. The first-order chi connectivity index (χ1) is 27.8. The number of allylic oxidation sites excluding steroid dienone is 7. The molecule has 3 heterocycles. The molecule has 11 rings (SSSR count). The quantitative estimate of drug-likeness (QED) is 0.157. The van der Waals surface area contributed by atoms with E-state index in [1.807, 2.05) is 12.4 Å². The van der Waals surface area contributed by atoms with Crippen LogP contribution in [-0.2, 0) is 6.42 Å². The van der Waals surface area contributed by atoms with Gasteiger partial charge in [0.15, 0.2) is 0 Å². The Morgan fingerprint density at radius 1 is 0.536 bits per heavy atom. The van der Waals surface area contributed by atoms with Gasteiger partial charge in [-0.05, 0) is 115 Å². The lowest BCUT2D eigenvalue weighted by Gasteiger charge is -2.25. The summed E-state index contributed by atoms with van der Waals surface area (Å²) in [7, 11) is 0. The van der Waals surface area contributed by atoms with Crippen molar-refractivity contribution in [1.82, 2.24) is 14.1 Å². The fourth-order valence-electron chi connectivity index (χ4n) is 9.79. The Balaban J connectivity index is 1.01. The van der Waals surface area contributed by atoms with Crippen molar-refractivity contribution in [3.05, 3.63) is 204 Å². The molecule has 0 fully saturated rings. The Bertz CT molecular complexity index is 2900. The van der Waals surface area contributed by atoms with Crippen LogP contribution in [0.15, 0.2) is 176 Å². The molecule has 0 radical (unpaired) electrons. The van der Waals surface area contributed by atoms with E-state index in [1.165, 1.54) is 102 Å². The summed E-state index contributed by atoms with van der Waals surface area (Å²) >= 11 is 0. The Labute approximate surface area is 328 Å². The molecule has 0 saturated heterocycles. The lowest BCUT2D eigenvalue weighted by molar-refractivity contribution is 0.654. The van der Waals surface area contributed by atoms with Gasteiger partial charge in [-0.15, -0.1) is 0 Å². The first kappa shape index (κ1) is 32.9. The van der Waals surface area contributed by atoms with Crippen LogP contribution in [0.25, 0.3) is 61.3 Å². The van der Waals surface area contributed by atoms with Gasteiger partial charge >= 0.3 is 0 Å². The third-order valence-corrected chi connectivity index (χ3v) is 12.5. The largest absolute Gasteiger partial charge is 0.317 e. The monoisotopic (exact) mass is 721 g/mol. The lowest BCUT2D eigenvalue weighted by Crippen LogP contribution is -2.13. The molecule has 3 aliphatic carbocycles. The van der Waals surface area contributed by atoms with E-state index in [0.717, 1.165) is 12.8 Å². The molecule has 0 aliphatic heterocycles. The van der Waals surface area contributed by atoms with Crippen molar-refractivity contribution in [3.63, 3.8) is 0 Å². The smallest absolute Gasteiger partial charge is 0.0541 e. The number of hydrogen-bond acceptors (Lipinski definition) is 1. The van der Waals surface area contributed by atoms with Crippen LogP contribution in [0, 0.1) is 0 Å². The molecule has 0 spiro atoms. The van der Waals surface area contributed by atoms with Crippen molar-refractivity contribution in [2.24, 2.45) is 0 Å². The number of hydrogen-bond donors (Lipinski definition) is 0. The average Bonchev–Trinajstić information content (AvgIpc) is 3.79. The van der Waals surface area contributed by atoms with Crippen molar-refractivity contribution in [2.75, 3.05) is 0 Å². The first-order valence-corrected chi connectivity index (χ1v) is 20.3. The number of nitrogens with zero attached hydrogens (tertiary/aromatic N) is 3. The Morgan fingerprint density at radius 2 is 1.30 bits per heavy atom. The van der Waals surface area contributed by atoms with Crippen molar-refractivity contribution < 1.29 is 0 Å². The van der Waals surface area contributed by atoms with Crippen LogP contribution < -0.4 is 0 Å². The molecule has 0 amide bonds. The van der Waals surface area contributed by atoms with Crippen LogP contribution in [0.3, 0.4) is 0 Å². The van der Waals surface area contributed by atoms with E-state index in [1.54, 1.807) is 0 Å². The van der Waals surface area contributed by atoms with E-state index in [4.69, 9.17) is 0 Å². The molecular formula is C53H43N3. The Kier molecular flexibility index (Phi) is 8.05. The number of rotatable bonds is 6. The summed E-state index contributed by atoms with van der Waals surface area (Å²) in [5, 5.41) is 3.93. The highest BCUT2D eigenvalue weighted by Crippen LogP contribution is 2.43. The molecule has 3 atom stereocenters. The second-order valence-electron chi connectivity index (χ2n) is 15.8.